The first-order valence-corrected chi connectivity index (χ1v) is 6.19. The second-order valence-corrected chi connectivity index (χ2v) is 4.94. The van der Waals surface area contributed by atoms with Gasteiger partial charge in [0.25, 0.3) is 0 Å². The van der Waals surface area contributed by atoms with Crippen LogP contribution in [0, 0.1) is 20.8 Å². The predicted octanol–water partition coefficient (Wildman–Crippen LogP) is 2.29. The lowest BCUT2D eigenvalue weighted by molar-refractivity contribution is -0.175. The zero-order chi connectivity index (χ0) is 16.4. The standard InChI is InChI=1S/C14H16F3NO3/c1-7-4-8(2)10(9(3)5-7)6-11(12(19)20)18-13(21)14(15,16)17/h4-5,11H,6H2,1-3H3,(H,18,21)(H,19,20). The van der Waals surface area contributed by atoms with Crippen LogP contribution in [0.2, 0.25) is 0 Å². The number of carbonyl (C=O) groups excluding carboxylic acids is 1. The smallest absolute Gasteiger partial charge is 0.471 e. The van der Waals surface area contributed by atoms with Gasteiger partial charge in [-0.1, -0.05) is 17.7 Å². The maximum absolute atomic E-state index is 12.2. The lowest BCUT2D eigenvalue weighted by Gasteiger charge is -2.18. The average Bonchev–Trinajstić information content (AvgIpc) is 2.30. The normalized spacial score (nSPS) is 12.9. The number of hydrogen-bond acceptors (Lipinski definition) is 2. The number of amides is 1. The molecule has 2 N–H and O–H groups in total. The molecule has 1 aromatic rings. The number of aryl methyl sites for hydroxylation is 3. The fourth-order valence-electron chi connectivity index (χ4n) is 2.18. The van der Waals surface area contributed by atoms with E-state index in [1.54, 1.807) is 13.8 Å². The fraction of sp³-hybridized carbons (Fsp3) is 0.429. The number of carbonyl (C=O) groups is 2. The molecule has 0 bridgehead atoms. The molecule has 0 fully saturated rings. The molecule has 1 amide bonds. The molecular weight excluding hydrogens is 287 g/mol. The SMILES string of the molecule is Cc1cc(C)c(CC(NC(=O)C(F)(F)F)C(=O)O)c(C)c1. The molecular formula is C14H16F3NO3. The van der Waals surface area contributed by atoms with E-state index in [4.69, 9.17) is 5.11 Å². The van der Waals surface area contributed by atoms with Crippen LogP contribution in [0.15, 0.2) is 12.1 Å². The highest BCUT2D eigenvalue weighted by Crippen LogP contribution is 2.19. The Balaban J connectivity index is 3.00. The highest BCUT2D eigenvalue weighted by atomic mass is 19.4. The van der Waals surface area contributed by atoms with Crippen molar-refractivity contribution in [2.75, 3.05) is 0 Å². The van der Waals surface area contributed by atoms with Crippen molar-refractivity contribution >= 4 is 11.9 Å². The lowest BCUT2D eigenvalue weighted by Crippen LogP contribution is -2.48. The third-order valence-electron chi connectivity index (χ3n) is 3.11. The van der Waals surface area contributed by atoms with E-state index in [1.807, 2.05) is 19.1 Å². The van der Waals surface area contributed by atoms with Gasteiger partial charge in [0, 0.05) is 6.42 Å². The van der Waals surface area contributed by atoms with Crippen molar-refractivity contribution < 1.29 is 27.9 Å². The summed E-state index contributed by atoms with van der Waals surface area (Å²) in [5.41, 5.74) is 3.15. The molecule has 0 radical (unpaired) electrons. The van der Waals surface area contributed by atoms with Crippen LogP contribution in [0.1, 0.15) is 22.3 Å². The van der Waals surface area contributed by atoms with E-state index in [1.165, 1.54) is 5.32 Å². The number of hydrogen-bond donors (Lipinski definition) is 2. The summed E-state index contributed by atoms with van der Waals surface area (Å²) in [5, 5.41) is 10.5. The van der Waals surface area contributed by atoms with Crippen LogP contribution in [0.4, 0.5) is 13.2 Å². The van der Waals surface area contributed by atoms with Gasteiger partial charge in [0.1, 0.15) is 6.04 Å². The summed E-state index contributed by atoms with van der Waals surface area (Å²) < 4.78 is 36.7. The van der Waals surface area contributed by atoms with Crippen LogP contribution >= 0.6 is 0 Å². The summed E-state index contributed by atoms with van der Waals surface area (Å²) in [4.78, 5) is 22.0. The molecule has 0 spiro atoms. The Kier molecular flexibility index (Phi) is 4.98. The molecule has 1 unspecified atom stereocenters. The highest BCUT2D eigenvalue weighted by Gasteiger charge is 2.40. The van der Waals surface area contributed by atoms with Crippen LogP contribution in [0.25, 0.3) is 0 Å². The average molecular weight is 303 g/mol. The Labute approximate surface area is 120 Å². The summed E-state index contributed by atoms with van der Waals surface area (Å²) in [6.07, 6.45) is -5.31. The Morgan fingerprint density at radius 3 is 2.05 bits per heavy atom. The van der Waals surface area contributed by atoms with Gasteiger partial charge in [-0.15, -0.1) is 0 Å². The van der Waals surface area contributed by atoms with E-state index < -0.39 is 24.1 Å². The monoisotopic (exact) mass is 303 g/mol. The first-order valence-electron chi connectivity index (χ1n) is 6.19. The van der Waals surface area contributed by atoms with Crippen LogP contribution in [0.3, 0.4) is 0 Å². The van der Waals surface area contributed by atoms with Crippen LogP contribution in [-0.2, 0) is 16.0 Å². The highest BCUT2D eigenvalue weighted by molar-refractivity contribution is 5.87. The molecule has 0 aliphatic heterocycles. The molecule has 0 aromatic heterocycles. The van der Waals surface area contributed by atoms with Crippen molar-refractivity contribution in [1.29, 1.82) is 0 Å². The minimum atomic E-state index is -5.11. The number of benzene rings is 1. The van der Waals surface area contributed by atoms with Gasteiger partial charge in [0.15, 0.2) is 0 Å². The summed E-state index contributed by atoms with van der Waals surface area (Å²) in [6.45, 7) is 5.36. The maximum atomic E-state index is 12.2. The number of carboxylic acids is 1. The molecule has 1 atom stereocenters. The Bertz CT molecular complexity index is 544. The van der Waals surface area contributed by atoms with Crippen molar-refractivity contribution in [1.82, 2.24) is 5.32 Å². The summed E-state index contributed by atoms with van der Waals surface area (Å²) in [6, 6.07) is 2.00. The molecule has 21 heavy (non-hydrogen) atoms. The van der Waals surface area contributed by atoms with Crippen molar-refractivity contribution in [2.45, 2.75) is 39.4 Å². The molecule has 0 saturated carbocycles. The van der Waals surface area contributed by atoms with Gasteiger partial charge in [0.2, 0.25) is 0 Å². The Hall–Kier alpha value is -2.05. The molecule has 0 heterocycles. The number of alkyl halides is 3. The molecule has 1 aromatic carbocycles. The Morgan fingerprint density at radius 2 is 1.67 bits per heavy atom. The molecule has 116 valence electrons. The van der Waals surface area contributed by atoms with E-state index in [9.17, 15) is 22.8 Å². The van der Waals surface area contributed by atoms with Gasteiger partial charge in [-0.05, 0) is 37.5 Å². The molecule has 0 aliphatic carbocycles. The van der Waals surface area contributed by atoms with Gasteiger partial charge in [-0.3, -0.25) is 4.79 Å². The summed E-state index contributed by atoms with van der Waals surface area (Å²) in [7, 11) is 0. The predicted molar refractivity (Wildman–Crippen MR) is 70.0 cm³/mol. The van der Waals surface area contributed by atoms with Gasteiger partial charge in [-0.25, -0.2) is 4.79 Å². The number of nitrogens with one attached hydrogen (secondary N) is 1. The van der Waals surface area contributed by atoms with Crippen LogP contribution in [-0.4, -0.2) is 29.2 Å². The van der Waals surface area contributed by atoms with E-state index >= 15 is 0 Å². The third kappa shape index (κ3) is 4.47. The van der Waals surface area contributed by atoms with Crippen molar-refractivity contribution in [3.8, 4) is 0 Å². The van der Waals surface area contributed by atoms with E-state index in [0.29, 0.717) is 5.56 Å². The second kappa shape index (κ2) is 6.15. The minimum absolute atomic E-state index is 0.199. The number of halogens is 3. The first kappa shape index (κ1) is 17.0. The van der Waals surface area contributed by atoms with Gasteiger partial charge in [-0.2, -0.15) is 13.2 Å². The molecule has 7 heteroatoms. The first-order chi connectivity index (χ1) is 9.52. The quantitative estimate of drug-likeness (QED) is 0.897. The fourth-order valence-corrected chi connectivity index (χ4v) is 2.18. The van der Waals surface area contributed by atoms with Gasteiger partial charge in [0.05, 0.1) is 0 Å². The van der Waals surface area contributed by atoms with Crippen LogP contribution < -0.4 is 5.32 Å². The zero-order valence-corrected chi connectivity index (χ0v) is 11.8. The minimum Gasteiger partial charge on any atom is -0.480 e. The van der Waals surface area contributed by atoms with E-state index in [-0.39, 0.29) is 6.42 Å². The van der Waals surface area contributed by atoms with Crippen molar-refractivity contribution in [3.63, 3.8) is 0 Å². The zero-order valence-electron chi connectivity index (χ0n) is 11.8. The molecule has 0 aliphatic rings. The molecule has 0 saturated heterocycles. The molecule has 4 nitrogen and oxygen atoms in total. The van der Waals surface area contributed by atoms with E-state index in [0.717, 1.165) is 16.7 Å². The Morgan fingerprint density at radius 1 is 1.19 bits per heavy atom. The summed E-state index contributed by atoms with van der Waals surface area (Å²) >= 11 is 0. The van der Waals surface area contributed by atoms with Crippen LogP contribution in [0.5, 0.6) is 0 Å². The van der Waals surface area contributed by atoms with Gasteiger partial charge >= 0.3 is 18.1 Å². The number of carboxylic acid groups (broad SMARTS) is 1. The van der Waals surface area contributed by atoms with Crippen molar-refractivity contribution in [3.05, 3.63) is 34.4 Å². The topological polar surface area (TPSA) is 66.4 Å². The second-order valence-electron chi connectivity index (χ2n) is 4.94. The number of rotatable bonds is 4. The molecule has 1 rings (SSSR count). The number of aliphatic carboxylic acids is 1. The summed E-state index contributed by atoms with van der Waals surface area (Å²) in [5.74, 6) is -3.76. The van der Waals surface area contributed by atoms with E-state index in [2.05, 4.69) is 0 Å². The van der Waals surface area contributed by atoms with Crippen molar-refractivity contribution in [2.24, 2.45) is 0 Å². The maximum Gasteiger partial charge on any atom is 0.471 e. The lowest BCUT2D eigenvalue weighted by atomic mass is 9.94. The van der Waals surface area contributed by atoms with Gasteiger partial charge < -0.3 is 10.4 Å². The third-order valence-corrected chi connectivity index (χ3v) is 3.11. The largest absolute Gasteiger partial charge is 0.480 e.